The summed E-state index contributed by atoms with van der Waals surface area (Å²) in [4.78, 5) is 11.8. The van der Waals surface area contributed by atoms with Gasteiger partial charge in [0, 0.05) is 30.9 Å². The third-order valence-corrected chi connectivity index (χ3v) is 4.67. The molecule has 0 spiro atoms. The predicted octanol–water partition coefficient (Wildman–Crippen LogP) is 4.27. The number of benzene rings is 1. The average Bonchev–Trinajstić information content (AvgIpc) is 3.08. The van der Waals surface area contributed by atoms with Crippen molar-refractivity contribution in [2.75, 3.05) is 13.1 Å². The fourth-order valence-electron chi connectivity index (χ4n) is 3.16. The van der Waals surface area contributed by atoms with Crippen LogP contribution in [0.2, 0.25) is 0 Å². The van der Waals surface area contributed by atoms with Crippen LogP contribution in [-0.2, 0) is 13.1 Å². The minimum atomic E-state index is 0.899. The summed E-state index contributed by atoms with van der Waals surface area (Å²) in [6, 6.07) is 8.79. The van der Waals surface area contributed by atoms with Crippen LogP contribution in [-0.4, -0.2) is 32.5 Å². The highest BCUT2D eigenvalue weighted by atomic mass is 15.1. The second-order valence-corrected chi connectivity index (χ2v) is 6.17. The number of rotatable bonds is 6. The van der Waals surface area contributed by atoms with Crippen molar-refractivity contribution in [1.29, 1.82) is 0 Å². The van der Waals surface area contributed by atoms with Gasteiger partial charge in [0.25, 0.3) is 0 Å². The minimum Gasteiger partial charge on any atom is -0.330 e. The van der Waals surface area contributed by atoms with E-state index < -0.39 is 0 Å². The molecule has 0 unspecified atom stereocenters. The molecule has 0 saturated carbocycles. The first-order valence-corrected chi connectivity index (χ1v) is 8.80. The molecule has 0 fully saturated rings. The lowest BCUT2D eigenvalue weighted by Gasteiger charge is -2.18. The lowest BCUT2D eigenvalue weighted by atomic mass is 10.1. The van der Waals surface area contributed by atoms with Crippen molar-refractivity contribution < 1.29 is 0 Å². The number of aromatic nitrogens is 3. The van der Waals surface area contributed by atoms with Gasteiger partial charge in [0.1, 0.15) is 5.69 Å². The Bertz CT molecular complexity index is 831. The standard InChI is InChI=1S/C20H26N4/c1-5-23(6-2)14-16-8-9-17-15(4)12-19(22-18(17)13-16)20-21-10-11-24(20)7-3/h8-13H,5-7,14H2,1-4H3. The number of nitrogens with zero attached hydrogens (tertiary/aromatic N) is 4. The Morgan fingerprint density at radius 2 is 1.88 bits per heavy atom. The number of fused-ring (bicyclic) bond motifs is 1. The maximum absolute atomic E-state index is 4.90. The van der Waals surface area contributed by atoms with Gasteiger partial charge in [0.15, 0.2) is 5.82 Å². The lowest BCUT2D eigenvalue weighted by molar-refractivity contribution is 0.296. The van der Waals surface area contributed by atoms with Gasteiger partial charge in [0.05, 0.1) is 5.52 Å². The third-order valence-electron chi connectivity index (χ3n) is 4.67. The molecular weight excluding hydrogens is 296 g/mol. The van der Waals surface area contributed by atoms with Crippen molar-refractivity contribution in [3.63, 3.8) is 0 Å². The molecule has 0 radical (unpaired) electrons. The lowest BCUT2D eigenvalue weighted by Crippen LogP contribution is -2.22. The summed E-state index contributed by atoms with van der Waals surface area (Å²) in [6.07, 6.45) is 3.85. The molecule has 2 heterocycles. The molecule has 0 aliphatic heterocycles. The SMILES string of the molecule is CCN(CC)Cc1ccc2c(C)cc(-c3nccn3CC)nc2c1. The maximum atomic E-state index is 4.90. The smallest absolute Gasteiger partial charge is 0.158 e. The first-order chi connectivity index (χ1) is 11.7. The van der Waals surface area contributed by atoms with Gasteiger partial charge in [-0.25, -0.2) is 9.97 Å². The summed E-state index contributed by atoms with van der Waals surface area (Å²) in [6.45, 7) is 12.7. The van der Waals surface area contributed by atoms with E-state index in [1.807, 2.05) is 12.4 Å². The van der Waals surface area contributed by atoms with Crippen molar-refractivity contribution in [1.82, 2.24) is 19.4 Å². The van der Waals surface area contributed by atoms with Crippen LogP contribution < -0.4 is 0 Å². The van der Waals surface area contributed by atoms with Crippen LogP contribution in [0.5, 0.6) is 0 Å². The van der Waals surface area contributed by atoms with E-state index in [1.165, 1.54) is 16.5 Å². The van der Waals surface area contributed by atoms with Crippen molar-refractivity contribution in [3.8, 4) is 11.5 Å². The van der Waals surface area contributed by atoms with Crippen LogP contribution in [0.25, 0.3) is 22.4 Å². The Morgan fingerprint density at radius 3 is 2.58 bits per heavy atom. The zero-order valence-corrected chi connectivity index (χ0v) is 15.1. The van der Waals surface area contributed by atoms with Crippen LogP contribution in [0, 0.1) is 6.92 Å². The Balaban J connectivity index is 2.05. The molecule has 1 aromatic carbocycles. The fourth-order valence-corrected chi connectivity index (χ4v) is 3.16. The van der Waals surface area contributed by atoms with E-state index in [1.54, 1.807) is 0 Å². The van der Waals surface area contributed by atoms with E-state index in [9.17, 15) is 0 Å². The third kappa shape index (κ3) is 3.20. The number of imidazole rings is 1. The normalized spacial score (nSPS) is 11.5. The summed E-state index contributed by atoms with van der Waals surface area (Å²) in [5.74, 6) is 0.941. The summed E-state index contributed by atoms with van der Waals surface area (Å²) >= 11 is 0. The van der Waals surface area contributed by atoms with E-state index >= 15 is 0 Å². The van der Waals surface area contributed by atoms with E-state index in [0.29, 0.717) is 0 Å². The first-order valence-electron chi connectivity index (χ1n) is 8.80. The van der Waals surface area contributed by atoms with E-state index in [0.717, 1.165) is 43.2 Å². The molecule has 3 rings (SSSR count). The molecule has 0 N–H and O–H groups in total. The van der Waals surface area contributed by atoms with Gasteiger partial charge in [0.2, 0.25) is 0 Å². The van der Waals surface area contributed by atoms with Gasteiger partial charge in [-0.2, -0.15) is 0 Å². The molecule has 126 valence electrons. The maximum Gasteiger partial charge on any atom is 0.158 e. The Kier molecular flexibility index (Phi) is 4.95. The molecule has 0 bridgehead atoms. The molecule has 2 aromatic heterocycles. The zero-order chi connectivity index (χ0) is 17.1. The molecule has 4 nitrogen and oxygen atoms in total. The van der Waals surface area contributed by atoms with Gasteiger partial charge < -0.3 is 4.57 Å². The highest BCUT2D eigenvalue weighted by molar-refractivity contribution is 5.85. The molecule has 0 aliphatic rings. The number of aryl methyl sites for hydroxylation is 2. The van der Waals surface area contributed by atoms with E-state index in [-0.39, 0.29) is 0 Å². The molecule has 0 saturated heterocycles. The van der Waals surface area contributed by atoms with Gasteiger partial charge in [-0.1, -0.05) is 26.0 Å². The van der Waals surface area contributed by atoms with Crippen molar-refractivity contribution in [2.24, 2.45) is 0 Å². The quantitative estimate of drug-likeness (QED) is 0.679. The second kappa shape index (κ2) is 7.14. The highest BCUT2D eigenvalue weighted by Crippen LogP contribution is 2.24. The highest BCUT2D eigenvalue weighted by Gasteiger charge is 2.10. The van der Waals surface area contributed by atoms with E-state index in [2.05, 4.69) is 66.4 Å². The van der Waals surface area contributed by atoms with Crippen LogP contribution in [0.15, 0.2) is 36.7 Å². The summed E-state index contributed by atoms with van der Waals surface area (Å²) in [7, 11) is 0. The Morgan fingerprint density at radius 1 is 1.08 bits per heavy atom. The molecule has 4 heteroatoms. The van der Waals surface area contributed by atoms with Gasteiger partial charge >= 0.3 is 0 Å². The predicted molar refractivity (Wildman–Crippen MR) is 100 cm³/mol. The Hall–Kier alpha value is -2.20. The van der Waals surface area contributed by atoms with E-state index in [4.69, 9.17) is 4.98 Å². The largest absolute Gasteiger partial charge is 0.330 e. The van der Waals surface area contributed by atoms with Crippen LogP contribution in [0.3, 0.4) is 0 Å². The average molecular weight is 322 g/mol. The topological polar surface area (TPSA) is 34.0 Å². The van der Waals surface area contributed by atoms with Gasteiger partial charge in [-0.05, 0) is 50.2 Å². The molecular formula is C20H26N4. The van der Waals surface area contributed by atoms with Gasteiger partial charge in [-0.3, -0.25) is 4.90 Å². The molecule has 24 heavy (non-hydrogen) atoms. The second-order valence-electron chi connectivity index (χ2n) is 6.17. The summed E-state index contributed by atoms with van der Waals surface area (Å²) in [5.41, 5.74) is 4.57. The van der Waals surface area contributed by atoms with Crippen molar-refractivity contribution >= 4 is 10.9 Å². The van der Waals surface area contributed by atoms with Crippen molar-refractivity contribution in [2.45, 2.75) is 40.8 Å². The van der Waals surface area contributed by atoms with Crippen molar-refractivity contribution in [3.05, 3.63) is 47.8 Å². The minimum absolute atomic E-state index is 0.899. The molecule has 0 amide bonds. The number of hydrogen-bond donors (Lipinski definition) is 0. The number of pyridine rings is 1. The first kappa shape index (κ1) is 16.7. The van der Waals surface area contributed by atoms with Gasteiger partial charge in [-0.15, -0.1) is 0 Å². The van der Waals surface area contributed by atoms with Crippen LogP contribution >= 0.6 is 0 Å². The van der Waals surface area contributed by atoms with Crippen LogP contribution in [0.1, 0.15) is 31.9 Å². The number of hydrogen-bond acceptors (Lipinski definition) is 3. The summed E-state index contributed by atoms with van der Waals surface area (Å²) in [5, 5.41) is 1.22. The monoisotopic (exact) mass is 322 g/mol. The zero-order valence-electron chi connectivity index (χ0n) is 15.1. The molecule has 0 atom stereocenters. The van der Waals surface area contributed by atoms with Crippen LogP contribution in [0.4, 0.5) is 0 Å². The fraction of sp³-hybridized carbons (Fsp3) is 0.400. The molecule has 3 aromatic rings. The summed E-state index contributed by atoms with van der Waals surface area (Å²) < 4.78 is 2.13. The molecule has 0 aliphatic carbocycles. The Labute approximate surface area is 144 Å².